The van der Waals surface area contributed by atoms with Gasteiger partial charge >= 0.3 is 0 Å². The summed E-state index contributed by atoms with van der Waals surface area (Å²) >= 11 is 4.64. The number of carbonyl (C=O) groups excluding carboxylic acids is 1. The van der Waals surface area contributed by atoms with Gasteiger partial charge in [-0.2, -0.15) is 0 Å². The summed E-state index contributed by atoms with van der Waals surface area (Å²) in [5, 5.41) is 10.3. The van der Waals surface area contributed by atoms with E-state index in [1.807, 2.05) is 24.3 Å². The van der Waals surface area contributed by atoms with Gasteiger partial charge in [-0.15, -0.1) is 5.10 Å². The highest BCUT2D eigenvalue weighted by Crippen LogP contribution is 2.29. The van der Waals surface area contributed by atoms with Crippen LogP contribution < -0.4 is 14.8 Å². The number of benzene rings is 2. The zero-order valence-electron chi connectivity index (χ0n) is 14.7. The second kappa shape index (κ2) is 8.92. The third kappa shape index (κ3) is 5.01. The summed E-state index contributed by atoms with van der Waals surface area (Å²) in [4.78, 5) is 16.7. The van der Waals surface area contributed by atoms with Crippen LogP contribution in [0.5, 0.6) is 11.5 Å². The standard InChI is InChI=1S/C18H17BrN4O3S/c1-25-13-7-8-15(26-2)14(9-13)20-16(24)10-27-18-21-17(22-23-18)11-3-5-12(19)6-4-11/h3-9H,10H2,1-2H3,(H,20,24)(H,21,22,23). The number of H-pyrrole nitrogens is 1. The average molecular weight is 449 g/mol. The average Bonchev–Trinajstić information content (AvgIpc) is 3.16. The number of anilines is 1. The van der Waals surface area contributed by atoms with Crippen molar-refractivity contribution in [3.8, 4) is 22.9 Å². The van der Waals surface area contributed by atoms with E-state index in [0.29, 0.717) is 28.2 Å². The van der Waals surface area contributed by atoms with Gasteiger partial charge in [0.15, 0.2) is 5.82 Å². The lowest BCUT2D eigenvalue weighted by atomic mass is 10.2. The highest BCUT2D eigenvalue weighted by atomic mass is 79.9. The van der Waals surface area contributed by atoms with E-state index in [4.69, 9.17) is 9.47 Å². The van der Waals surface area contributed by atoms with Gasteiger partial charge < -0.3 is 14.8 Å². The molecule has 140 valence electrons. The first-order valence-electron chi connectivity index (χ1n) is 7.92. The second-order valence-corrected chi connectivity index (χ2v) is 7.23. The maximum Gasteiger partial charge on any atom is 0.234 e. The number of thioether (sulfide) groups is 1. The number of aromatic nitrogens is 3. The van der Waals surface area contributed by atoms with E-state index in [1.54, 1.807) is 32.4 Å². The fourth-order valence-electron chi connectivity index (χ4n) is 2.28. The molecule has 0 saturated heterocycles. The van der Waals surface area contributed by atoms with Crippen molar-refractivity contribution >= 4 is 39.3 Å². The summed E-state index contributed by atoms with van der Waals surface area (Å²) in [5.74, 6) is 1.82. The fraction of sp³-hybridized carbons (Fsp3) is 0.167. The molecule has 3 rings (SSSR count). The quantitative estimate of drug-likeness (QED) is 0.531. The van der Waals surface area contributed by atoms with Crippen LogP contribution in [-0.4, -0.2) is 41.1 Å². The first-order chi connectivity index (χ1) is 13.1. The molecule has 0 fully saturated rings. The molecule has 0 atom stereocenters. The number of carbonyl (C=O) groups is 1. The minimum atomic E-state index is -0.193. The predicted octanol–water partition coefficient (Wildman–Crippen LogP) is 3.98. The van der Waals surface area contributed by atoms with Crippen LogP contribution in [0.3, 0.4) is 0 Å². The van der Waals surface area contributed by atoms with Crippen molar-refractivity contribution in [3.05, 3.63) is 46.9 Å². The largest absolute Gasteiger partial charge is 0.497 e. The summed E-state index contributed by atoms with van der Waals surface area (Å²) in [6, 6.07) is 12.9. The third-order valence-corrected chi connectivity index (χ3v) is 4.97. The van der Waals surface area contributed by atoms with Crippen LogP contribution in [0, 0.1) is 0 Å². The van der Waals surface area contributed by atoms with Gasteiger partial charge in [-0.05, 0) is 24.3 Å². The molecule has 2 N–H and O–H groups in total. The van der Waals surface area contributed by atoms with Gasteiger partial charge in [0.05, 0.1) is 25.7 Å². The molecule has 0 spiro atoms. The molecule has 1 heterocycles. The fourth-order valence-corrected chi connectivity index (χ4v) is 3.14. The number of ether oxygens (including phenoxy) is 2. The monoisotopic (exact) mass is 448 g/mol. The maximum atomic E-state index is 12.3. The Bertz CT molecular complexity index is 931. The molecule has 1 amide bonds. The van der Waals surface area contributed by atoms with E-state index in [0.717, 1.165) is 10.0 Å². The van der Waals surface area contributed by atoms with Crippen LogP contribution in [0.25, 0.3) is 11.4 Å². The molecule has 7 nitrogen and oxygen atoms in total. The molecule has 9 heteroatoms. The van der Waals surface area contributed by atoms with Crippen molar-refractivity contribution < 1.29 is 14.3 Å². The Hall–Kier alpha value is -2.52. The molecular weight excluding hydrogens is 432 g/mol. The summed E-state index contributed by atoms with van der Waals surface area (Å²) in [7, 11) is 3.11. The summed E-state index contributed by atoms with van der Waals surface area (Å²) in [6.07, 6.45) is 0. The van der Waals surface area contributed by atoms with Crippen LogP contribution in [-0.2, 0) is 4.79 Å². The molecule has 0 radical (unpaired) electrons. The Labute approximate surface area is 169 Å². The molecule has 0 bridgehead atoms. The molecule has 2 aromatic carbocycles. The van der Waals surface area contributed by atoms with Gasteiger partial charge in [0.2, 0.25) is 11.1 Å². The second-order valence-electron chi connectivity index (χ2n) is 5.38. The lowest BCUT2D eigenvalue weighted by molar-refractivity contribution is -0.113. The highest BCUT2D eigenvalue weighted by molar-refractivity contribution is 9.10. The van der Waals surface area contributed by atoms with Crippen molar-refractivity contribution in [2.45, 2.75) is 5.16 Å². The summed E-state index contributed by atoms with van der Waals surface area (Å²) < 4.78 is 11.4. The SMILES string of the molecule is COc1ccc(OC)c(NC(=O)CSc2n[nH]c(-c3ccc(Br)cc3)n2)c1. The molecule has 3 aromatic rings. The van der Waals surface area contributed by atoms with Gasteiger partial charge in [-0.3, -0.25) is 9.89 Å². The van der Waals surface area contributed by atoms with Crippen molar-refractivity contribution in [2.75, 3.05) is 25.3 Å². The summed E-state index contributed by atoms with van der Waals surface area (Å²) in [5.41, 5.74) is 1.47. The number of hydrogen-bond donors (Lipinski definition) is 2. The molecule has 0 aliphatic rings. The van der Waals surface area contributed by atoms with Gasteiger partial charge in [0.1, 0.15) is 11.5 Å². The first-order valence-corrected chi connectivity index (χ1v) is 9.70. The number of aromatic amines is 1. The number of methoxy groups -OCH3 is 2. The van der Waals surface area contributed by atoms with E-state index >= 15 is 0 Å². The highest BCUT2D eigenvalue weighted by Gasteiger charge is 2.12. The maximum absolute atomic E-state index is 12.3. The Morgan fingerprint density at radius 2 is 1.96 bits per heavy atom. The minimum absolute atomic E-state index is 0.165. The molecular formula is C18H17BrN4O3S. The van der Waals surface area contributed by atoms with Gasteiger partial charge in [-0.25, -0.2) is 4.98 Å². The van der Waals surface area contributed by atoms with Crippen molar-refractivity contribution in [1.82, 2.24) is 15.2 Å². The predicted molar refractivity (Wildman–Crippen MR) is 108 cm³/mol. The minimum Gasteiger partial charge on any atom is -0.497 e. The van der Waals surface area contributed by atoms with Crippen LogP contribution in [0.2, 0.25) is 0 Å². The third-order valence-electron chi connectivity index (χ3n) is 3.60. The van der Waals surface area contributed by atoms with E-state index in [2.05, 4.69) is 36.4 Å². The number of halogens is 1. The van der Waals surface area contributed by atoms with E-state index < -0.39 is 0 Å². The van der Waals surface area contributed by atoms with Gasteiger partial charge in [0.25, 0.3) is 0 Å². The molecule has 0 aliphatic heterocycles. The number of rotatable bonds is 7. The van der Waals surface area contributed by atoms with E-state index in [1.165, 1.54) is 11.8 Å². The summed E-state index contributed by atoms with van der Waals surface area (Å²) in [6.45, 7) is 0. The smallest absolute Gasteiger partial charge is 0.234 e. The Morgan fingerprint density at radius 1 is 1.19 bits per heavy atom. The lowest BCUT2D eigenvalue weighted by Crippen LogP contribution is -2.15. The molecule has 0 saturated carbocycles. The Balaban J connectivity index is 1.61. The van der Waals surface area contributed by atoms with Crippen molar-refractivity contribution in [3.63, 3.8) is 0 Å². The Kier molecular flexibility index (Phi) is 6.36. The zero-order valence-corrected chi connectivity index (χ0v) is 17.1. The topological polar surface area (TPSA) is 89.1 Å². The molecule has 1 aromatic heterocycles. The van der Waals surface area contributed by atoms with Crippen molar-refractivity contribution in [1.29, 1.82) is 0 Å². The van der Waals surface area contributed by atoms with Crippen LogP contribution in [0.15, 0.2) is 52.1 Å². The van der Waals surface area contributed by atoms with Crippen LogP contribution in [0.1, 0.15) is 0 Å². The van der Waals surface area contributed by atoms with Gasteiger partial charge in [0, 0.05) is 16.1 Å². The van der Waals surface area contributed by atoms with Crippen LogP contribution >= 0.6 is 27.7 Å². The van der Waals surface area contributed by atoms with E-state index in [9.17, 15) is 4.79 Å². The number of amides is 1. The molecule has 0 aliphatic carbocycles. The Morgan fingerprint density at radius 3 is 2.67 bits per heavy atom. The normalized spacial score (nSPS) is 10.5. The van der Waals surface area contributed by atoms with E-state index in [-0.39, 0.29) is 11.7 Å². The van der Waals surface area contributed by atoms with Gasteiger partial charge in [-0.1, -0.05) is 39.8 Å². The zero-order chi connectivity index (χ0) is 19.2. The molecule has 27 heavy (non-hydrogen) atoms. The lowest BCUT2D eigenvalue weighted by Gasteiger charge is -2.11. The number of nitrogens with one attached hydrogen (secondary N) is 2. The first kappa shape index (κ1) is 19.2. The van der Waals surface area contributed by atoms with Crippen molar-refractivity contribution in [2.24, 2.45) is 0 Å². The van der Waals surface area contributed by atoms with Crippen LogP contribution in [0.4, 0.5) is 5.69 Å². The number of nitrogens with zero attached hydrogens (tertiary/aromatic N) is 2. The molecule has 0 unspecified atom stereocenters. The number of hydrogen-bond acceptors (Lipinski definition) is 6.